The summed E-state index contributed by atoms with van der Waals surface area (Å²) < 4.78 is 2.29. The summed E-state index contributed by atoms with van der Waals surface area (Å²) in [5, 5.41) is 3.38. The van der Waals surface area contributed by atoms with Crippen LogP contribution in [-0.4, -0.2) is 14.5 Å². The Labute approximate surface area is 118 Å². The van der Waals surface area contributed by atoms with Crippen molar-refractivity contribution in [1.82, 2.24) is 14.5 Å². The zero-order chi connectivity index (χ0) is 13.5. The summed E-state index contributed by atoms with van der Waals surface area (Å²) in [6.45, 7) is 7.52. The molecule has 0 radical (unpaired) electrons. The van der Waals surface area contributed by atoms with Gasteiger partial charge in [0.25, 0.3) is 0 Å². The molecule has 4 heteroatoms. The fraction of sp³-hybridized carbons (Fsp3) is 0.600. The van der Waals surface area contributed by atoms with Crippen molar-refractivity contribution >= 4 is 11.3 Å². The number of aryl methyl sites for hydroxylation is 1. The lowest BCUT2D eigenvalue weighted by Gasteiger charge is -2.15. The minimum Gasteiger partial charge on any atom is -0.327 e. The first kappa shape index (κ1) is 12.9. The maximum absolute atomic E-state index is 4.78. The van der Waals surface area contributed by atoms with E-state index in [1.807, 2.05) is 6.33 Å². The van der Waals surface area contributed by atoms with Gasteiger partial charge in [0.15, 0.2) is 0 Å². The summed E-state index contributed by atoms with van der Waals surface area (Å²) in [5.41, 5.74) is 4.07. The predicted molar refractivity (Wildman–Crippen MR) is 78.8 cm³/mol. The molecule has 1 aliphatic rings. The van der Waals surface area contributed by atoms with Gasteiger partial charge in [-0.05, 0) is 25.7 Å². The van der Waals surface area contributed by atoms with Crippen molar-refractivity contribution in [2.75, 3.05) is 0 Å². The Morgan fingerprint density at radius 3 is 2.79 bits per heavy atom. The number of nitrogens with zero attached hydrogens (tertiary/aromatic N) is 3. The Morgan fingerprint density at radius 2 is 2.05 bits per heavy atom. The minimum atomic E-state index is 0.142. The maximum Gasteiger partial charge on any atom is 0.113 e. The van der Waals surface area contributed by atoms with Gasteiger partial charge in [-0.2, -0.15) is 0 Å². The molecular weight excluding hydrogens is 254 g/mol. The molecule has 1 aliphatic carbocycles. The van der Waals surface area contributed by atoms with E-state index < -0.39 is 0 Å². The molecule has 0 bridgehead atoms. The lowest BCUT2D eigenvalue weighted by Crippen LogP contribution is -2.12. The molecule has 0 aliphatic heterocycles. The van der Waals surface area contributed by atoms with Gasteiger partial charge in [-0.15, -0.1) is 11.3 Å². The molecule has 0 N–H and O–H groups in total. The van der Waals surface area contributed by atoms with Crippen LogP contribution in [-0.2, 0) is 24.8 Å². The molecule has 0 spiro atoms. The molecule has 0 unspecified atom stereocenters. The second-order valence-electron chi connectivity index (χ2n) is 6.35. The van der Waals surface area contributed by atoms with Crippen molar-refractivity contribution in [2.24, 2.45) is 0 Å². The summed E-state index contributed by atoms with van der Waals surface area (Å²) in [6.07, 6.45) is 6.90. The van der Waals surface area contributed by atoms with Crippen LogP contribution in [0.5, 0.6) is 0 Å². The van der Waals surface area contributed by atoms with Gasteiger partial charge in [-0.3, -0.25) is 0 Å². The largest absolute Gasteiger partial charge is 0.327 e. The van der Waals surface area contributed by atoms with Crippen LogP contribution in [0.25, 0.3) is 0 Å². The summed E-state index contributed by atoms with van der Waals surface area (Å²) in [6, 6.07) is 0. The Bertz CT molecular complexity index is 574. The van der Waals surface area contributed by atoms with Crippen LogP contribution in [0, 0.1) is 0 Å². The van der Waals surface area contributed by atoms with Crippen molar-refractivity contribution in [3.05, 3.63) is 33.8 Å². The summed E-state index contributed by atoms with van der Waals surface area (Å²) >= 11 is 1.77. The lowest BCUT2D eigenvalue weighted by molar-refractivity contribution is 0.568. The average Bonchev–Trinajstić information content (AvgIpc) is 2.97. The highest BCUT2D eigenvalue weighted by atomic mass is 32.1. The van der Waals surface area contributed by atoms with Gasteiger partial charge in [0.05, 0.1) is 24.3 Å². The topological polar surface area (TPSA) is 30.7 Å². The molecule has 0 saturated carbocycles. The second kappa shape index (κ2) is 4.75. The number of hydrogen-bond donors (Lipinski definition) is 0. The molecule has 0 fully saturated rings. The van der Waals surface area contributed by atoms with Crippen LogP contribution in [0.4, 0.5) is 0 Å². The van der Waals surface area contributed by atoms with Crippen LogP contribution in [0.15, 0.2) is 11.7 Å². The van der Waals surface area contributed by atoms with Crippen molar-refractivity contribution in [3.8, 4) is 0 Å². The van der Waals surface area contributed by atoms with Crippen LogP contribution < -0.4 is 0 Å². The van der Waals surface area contributed by atoms with Crippen LogP contribution in [0.2, 0.25) is 0 Å². The lowest BCUT2D eigenvalue weighted by atomic mass is 9.93. The van der Waals surface area contributed by atoms with Crippen molar-refractivity contribution < 1.29 is 0 Å². The van der Waals surface area contributed by atoms with Gasteiger partial charge in [-0.1, -0.05) is 20.8 Å². The summed E-state index contributed by atoms with van der Waals surface area (Å²) in [7, 11) is 0. The predicted octanol–water partition coefficient (Wildman–Crippen LogP) is 3.56. The third-order valence-electron chi connectivity index (χ3n) is 3.74. The van der Waals surface area contributed by atoms with E-state index in [2.05, 4.69) is 35.7 Å². The standard InChI is InChI=1S/C15H21N3S/c1-15(2,3)13-9-19-14(17-13)8-18-10-16-11-6-4-5-7-12(11)18/h9-10H,4-8H2,1-3H3. The molecule has 0 aromatic carbocycles. The van der Waals surface area contributed by atoms with Crippen molar-refractivity contribution in [3.63, 3.8) is 0 Å². The molecule has 3 rings (SSSR count). The number of fused-ring (bicyclic) bond motifs is 1. The van der Waals surface area contributed by atoms with Gasteiger partial charge in [0, 0.05) is 16.5 Å². The van der Waals surface area contributed by atoms with Crippen LogP contribution >= 0.6 is 11.3 Å². The zero-order valence-electron chi connectivity index (χ0n) is 11.9. The van der Waals surface area contributed by atoms with E-state index in [0.717, 1.165) is 13.0 Å². The monoisotopic (exact) mass is 275 g/mol. The molecule has 19 heavy (non-hydrogen) atoms. The van der Waals surface area contributed by atoms with Gasteiger partial charge in [-0.25, -0.2) is 9.97 Å². The summed E-state index contributed by atoms with van der Waals surface area (Å²) in [4.78, 5) is 9.32. The van der Waals surface area contributed by atoms with E-state index in [4.69, 9.17) is 4.98 Å². The Balaban J connectivity index is 1.82. The maximum atomic E-state index is 4.78. The molecule has 102 valence electrons. The minimum absolute atomic E-state index is 0.142. The van der Waals surface area contributed by atoms with Crippen LogP contribution in [0.1, 0.15) is 55.7 Å². The van der Waals surface area contributed by atoms with Gasteiger partial charge in [0.2, 0.25) is 0 Å². The van der Waals surface area contributed by atoms with Crippen LogP contribution in [0.3, 0.4) is 0 Å². The molecular formula is C15H21N3S. The first-order chi connectivity index (χ1) is 9.04. The quantitative estimate of drug-likeness (QED) is 0.839. The fourth-order valence-electron chi connectivity index (χ4n) is 2.54. The van der Waals surface area contributed by atoms with E-state index in [1.165, 1.54) is 41.4 Å². The van der Waals surface area contributed by atoms with Crippen molar-refractivity contribution in [1.29, 1.82) is 0 Å². The molecule has 0 amide bonds. The number of thiazole rings is 1. The second-order valence-corrected chi connectivity index (χ2v) is 7.29. The Kier molecular flexibility index (Phi) is 3.21. The SMILES string of the molecule is CC(C)(C)c1csc(Cn2cnc3c2CCCC3)n1. The highest BCUT2D eigenvalue weighted by Crippen LogP contribution is 2.25. The van der Waals surface area contributed by atoms with E-state index in [1.54, 1.807) is 11.3 Å². The third kappa shape index (κ3) is 2.59. The van der Waals surface area contributed by atoms with E-state index in [0.29, 0.717) is 0 Å². The van der Waals surface area contributed by atoms with E-state index >= 15 is 0 Å². The van der Waals surface area contributed by atoms with Crippen molar-refractivity contribution in [2.45, 2.75) is 58.4 Å². The number of hydrogen-bond acceptors (Lipinski definition) is 3. The first-order valence-electron chi connectivity index (χ1n) is 7.02. The molecule has 2 aromatic rings. The zero-order valence-corrected chi connectivity index (χ0v) is 12.8. The fourth-order valence-corrected chi connectivity index (χ4v) is 3.56. The average molecular weight is 275 g/mol. The van der Waals surface area contributed by atoms with E-state index in [9.17, 15) is 0 Å². The Morgan fingerprint density at radius 1 is 1.26 bits per heavy atom. The smallest absolute Gasteiger partial charge is 0.113 e. The highest BCUT2D eigenvalue weighted by Gasteiger charge is 2.19. The number of aromatic nitrogens is 3. The molecule has 2 aromatic heterocycles. The number of imidazole rings is 1. The van der Waals surface area contributed by atoms with E-state index in [-0.39, 0.29) is 5.41 Å². The van der Waals surface area contributed by atoms with Gasteiger partial charge >= 0.3 is 0 Å². The third-order valence-corrected chi connectivity index (χ3v) is 4.57. The normalized spacial score (nSPS) is 15.5. The number of rotatable bonds is 2. The molecule has 0 saturated heterocycles. The molecule has 2 heterocycles. The molecule has 0 atom stereocenters. The first-order valence-corrected chi connectivity index (χ1v) is 7.90. The van der Waals surface area contributed by atoms with Gasteiger partial charge in [0.1, 0.15) is 5.01 Å². The summed E-state index contributed by atoms with van der Waals surface area (Å²) in [5.74, 6) is 0. The molecule has 3 nitrogen and oxygen atoms in total. The van der Waals surface area contributed by atoms with Gasteiger partial charge < -0.3 is 4.57 Å². The Hall–Kier alpha value is -1.16. The highest BCUT2D eigenvalue weighted by molar-refractivity contribution is 7.09.